The molecule has 1 aromatic heterocycles. The lowest BCUT2D eigenvalue weighted by atomic mass is 9.95. The number of sulfonamides is 1. The SMILES string of the molecule is CSc1ccc(S(=O)(=O)N2CCN(c3nc(C4(c5ccc(F)cc5)CC4)no3)CC2)cc1. The Bertz CT molecular complexity index is 1200. The molecule has 2 fully saturated rings. The summed E-state index contributed by atoms with van der Waals surface area (Å²) in [5.74, 6) is 0.328. The second kappa shape index (κ2) is 8.17. The third-order valence-corrected chi connectivity index (χ3v) is 8.85. The van der Waals surface area contributed by atoms with E-state index in [1.165, 1.54) is 16.4 Å². The minimum absolute atomic E-state index is 0.272. The summed E-state index contributed by atoms with van der Waals surface area (Å²) in [6, 6.07) is 13.8. The molecule has 0 bridgehead atoms. The third kappa shape index (κ3) is 3.80. The summed E-state index contributed by atoms with van der Waals surface area (Å²) in [6.45, 7) is 1.61. The first-order chi connectivity index (χ1) is 15.4. The van der Waals surface area contributed by atoms with E-state index in [2.05, 4.69) is 10.1 Å². The molecule has 0 unspecified atom stereocenters. The smallest absolute Gasteiger partial charge is 0.322 e. The lowest BCUT2D eigenvalue weighted by Crippen LogP contribution is -2.48. The van der Waals surface area contributed by atoms with Crippen LogP contribution in [0.4, 0.5) is 10.4 Å². The highest BCUT2D eigenvalue weighted by atomic mass is 32.2. The van der Waals surface area contributed by atoms with Crippen molar-refractivity contribution in [1.29, 1.82) is 0 Å². The maximum atomic E-state index is 13.3. The first-order valence-electron chi connectivity index (χ1n) is 10.4. The molecule has 5 rings (SSSR count). The van der Waals surface area contributed by atoms with E-state index in [1.54, 1.807) is 36.0 Å². The molecule has 1 saturated heterocycles. The van der Waals surface area contributed by atoms with Gasteiger partial charge in [-0.25, -0.2) is 12.8 Å². The molecule has 7 nitrogen and oxygen atoms in total. The lowest BCUT2D eigenvalue weighted by Gasteiger charge is -2.32. The van der Waals surface area contributed by atoms with E-state index in [9.17, 15) is 12.8 Å². The van der Waals surface area contributed by atoms with Crippen LogP contribution in [0.3, 0.4) is 0 Å². The van der Waals surface area contributed by atoms with Gasteiger partial charge in [-0.3, -0.25) is 0 Å². The van der Waals surface area contributed by atoms with Gasteiger partial charge in [-0.2, -0.15) is 9.29 Å². The maximum absolute atomic E-state index is 13.3. The van der Waals surface area contributed by atoms with E-state index in [1.807, 2.05) is 23.3 Å². The van der Waals surface area contributed by atoms with Gasteiger partial charge in [0.1, 0.15) is 5.82 Å². The highest BCUT2D eigenvalue weighted by molar-refractivity contribution is 7.98. The quantitative estimate of drug-likeness (QED) is 0.506. The molecule has 0 radical (unpaired) electrons. The van der Waals surface area contributed by atoms with Gasteiger partial charge in [0.2, 0.25) is 10.0 Å². The number of hydrogen-bond donors (Lipinski definition) is 0. The van der Waals surface area contributed by atoms with Crippen LogP contribution in [0.25, 0.3) is 0 Å². The average molecular weight is 475 g/mol. The van der Waals surface area contributed by atoms with Gasteiger partial charge >= 0.3 is 6.01 Å². The number of rotatable bonds is 6. The highest BCUT2D eigenvalue weighted by Crippen LogP contribution is 2.52. The molecule has 1 aliphatic heterocycles. The van der Waals surface area contributed by atoms with Crippen molar-refractivity contribution in [2.24, 2.45) is 0 Å². The van der Waals surface area contributed by atoms with Crippen LogP contribution in [-0.2, 0) is 15.4 Å². The zero-order chi connectivity index (χ0) is 22.3. The van der Waals surface area contributed by atoms with Gasteiger partial charge < -0.3 is 9.42 Å². The van der Waals surface area contributed by atoms with Crippen LogP contribution in [0.2, 0.25) is 0 Å². The number of aromatic nitrogens is 2. The van der Waals surface area contributed by atoms with Crippen LogP contribution < -0.4 is 4.90 Å². The number of benzene rings is 2. The van der Waals surface area contributed by atoms with Crippen molar-refractivity contribution < 1.29 is 17.3 Å². The van der Waals surface area contributed by atoms with Crippen LogP contribution in [0, 0.1) is 5.82 Å². The summed E-state index contributed by atoms with van der Waals surface area (Å²) in [6.07, 6.45) is 3.73. The number of anilines is 1. The van der Waals surface area contributed by atoms with Crippen molar-refractivity contribution in [3.8, 4) is 0 Å². The minimum atomic E-state index is -3.54. The summed E-state index contributed by atoms with van der Waals surface area (Å²) >= 11 is 1.57. The van der Waals surface area contributed by atoms with E-state index < -0.39 is 10.0 Å². The molecule has 32 heavy (non-hydrogen) atoms. The molecule has 1 saturated carbocycles. The Labute approximate surface area is 190 Å². The summed E-state index contributed by atoms with van der Waals surface area (Å²) in [7, 11) is -3.54. The first kappa shape index (κ1) is 21.4. The maximum Gasteiger partial charge on any atom is 0.324 e. The van der Waals surface area contributed by atoms with Crippen molar-refractivity contribution in [2.75, 3.05) is 37.3 Å². The molecule has 10 heteroatoms. The minimum Gasteiger partial charge on any atom is -0.322 e. The number of thioether (sulfide) groups is 1. The monoisotopic (exact) mass is 474 g/mol. The van der Waals surface area contributed by atoms with Crippen molar-refractivity contribution in [3.63, 3.8) is 0 Å². The predicted octanol–water partition coefficient (Wildman–Crippen LogP) is 3.52. The second-order valence-corrected chi connectivity index (χ2v) is 10.9. The van der Waals surface area contributed by atoms with Crippen molar-refractivity contribution in [2.45, 2.75) is 28.0 Å². The highest BCUT2D eigenvalue weighted by Gasteiger charge is 2.50. The van der Waals surface area contributed by atoms with Crippen molar-refractivity contribution >= 4 is 27.8 Å². The van der Waals surface area contributed by atoms with Gasteiger partial charge in [0.05, 0.1) is 10.3 Å². The molecule has 2 heterocycles. The molecule has 168 valence electrons. The van der Waals surface area contributed by atoms with Crippen LogP contribution in [0.1, 0.15) is 24.2 Å². The van der Waals surface area contributed by atoms with E-state index in [0.29, 0.717) is 42.9 Å². The van der Waals surface area contributed by atoms with E-state index in [4.69, 9.17) is 4.52 Å². The number of nitrogens with zero attached hydrogens (tertiary/aromatic N) is 4. The molecular formula is C22H23FN4O3S2. The molecule has 0 N–H and O–H groups in total. The van der Waals surface area contributed by atoms with E-state index >= 15 is 0 Å². The van der Waals surface area contributed by atoms with Crippen LogP contribution in [0.15, 0.2) is 62.8 Å². The normalized spacial score (nSPS) is 18.6. The number of piperazine rings is 1. The fourth-order valence-corrected chi connectivity index (χ4v) is 5.92. The second-order valence-electron chi connectivity index (χ2n) is 8.06. The molecule has 2 aliphatic rings. The van der Waals surface area contributed by atoms with Gasteiger partial charge in [0, 0.05) is 31.1 Å². The van der Waals surface area contributed by atoms with Crippen LogP contribution in [-0.4, -0.2) is 55.3 Å². The van der Waals surface area contributed by atoms with E-state index in [-0.39, 0.29) is 11.2 Å². The Morgan fingerprint density at radius 1 is 1.00 bits per heavy atom. The molecule has 1 aliphatic carbocycles. The molecular weight excluding hydrogens is 451 g/mol. The Morgan fingerprint density at radius 3 is 2.25 bits per heavy atom. The van der Waals surface area contributed by atoms with Gasteiger partial charge in [0.25, 0.3) is 0 Å². The number of halogens is 1. The van der Waals surface area contributed by atoms with Gasteiger partial charge in [-0.05, 0) is 61.1 Å². The van der Waals surface area contributed by atoms with Crippen molar-refractivity contribution in [3.05, 3.63) is 65.7 Å². The number of hydrogen-bond acceptors (Lipinski definition) is 7. The Balaban J connectivity index is 1.27. The zero-order valence-corrected chi connectivity index (χ0v) is 19.2. The largest absolute Gasteiger partial charge is 0.324 e. The summed E-state index contributed by atoms with van der Waals surface area (Å²) < 4.78 is 46.3. The molecule has 3 aromatic rings. The van der Waals surface area contributed by atoms with Gasteiger partial charge in [-0.1, -0.05) is 17.3 Å². The first-order valence-corrected chi connectivity index (χ1v) is 13.1. The Hall–Kier alpha value is -2.43. The molecule has 0 spiro atoms. The van der Waals surface area contributed by atoms with Gasteiger partial charge in [-0.15, -0.1) is 11.8 Å². The van der Waals surface area contributed by atoms with Crippen molar-refractivity contribution in [1.82, 2.24) is 14.4 Å². The molecule has 0 amide bonds. The fraction of sp³-hybridized carbons (Fsp3) is 0.364. The molecule has 0 atom stereocenters. The Morgan fingerprint density at radius 2 is 1.66 bits per heavy atom. The zero-order valence-electron chi connectivity index (χ0n) is 17.6. The summed E-state index contributed by atoms with van der Waals surface area (Å²) in [5.41, 5.74) is 0.665. The standard InChI is InChI=1S/C22H23FN4O3S2/c1-31-18-6-8-19(9-7-18)32(28,29)27-14-12-26(13-15-27)21-24-20(25-30-21)22(10-11-22)16-2-4-17(23)5-3-16/h2-9H,10-15H2,1H3. The van der Waals surface area contributed by atoms with Crippen LogP contribution >= 0.6 is 11.8 Å². The molecule has 2 aromatic carbocycles. The average Bonchev–Trinajstić information content (AvgIpc) is 3.48. The predicted molar refractivity (Wildman–Crippen MR) is 120 cm³/mol. The van der Waals surface area contributed by atoms with Gasteiger partial charge in [0.15, 0.2) is 5.82 Å². The topological polar surface area (TPSA) is 79.5 Å². The van der Waals surface area contributed by atoms with E-state index in [0.717, 1.165) is 23.3 Å². The third-order valence-electron chi connectivity index (χ3n) is 6.20. The summed E-state index contributed by atoms with van der Waals surface area (Å²) in [4.78, 5) is 7.86. The summed E-state index contributed by atoms with van der Waals surface area (Å²) in [5, 5.41) is 4.20. The fourth-order valence-electron chi connectivity index (χ4n) is 4.09. The lowest BCUT2D eigenvalue weighted by molar-refractivity contribution is 0.352. The Kier molecular flexibility index (Phi) is 5.47. The van der Waals surface area contributed by atoms with Crippen LogP contribution in [0.5, 0.6) is 0 Å².